The molecule has 1 heterocycles. The number of hydrogen-bond donors (Lipinski definition) is 0. The molecule has 0 unspecified atom stereocenters. The molecule has 0 saturated carbocycles. The van der Waals surface area contributed by atoms with Crippen LogP contribution >= 0.6 is 23.4 Å². The fraction of sp³-hybridized carbons (Fsp3) is 0.133. The van der Waals surface area contributed by atoms with E-state index >= 15 is 0 Å². The SMILES string of the molecule is Cc1cccc(-n2nnnc2SCc2ccc(Cl)cc2)c1. The number of nitrogens with zero attached hydrogens (tertiary/aromatic N) is 4. The number of aromatic nitrogens is 4. The normalized spacial score (nSPS) is 10.8. The second-order valence-corrected chi connectivity index (χ2v) is 6.01. The van der Waals surface area contributed by atoms with Crippen molar-refractivity contribution in [3.8, 4) is 5.69 Å². The van der Waals surface area contributed by atoms with Gasteiger partial charge in [-0.05, 0) is 52.7 Å². The van der Waals surface area contributed by atoms with Crippen LogP contribution in [-0.4, -0.2) is 20.2 Å². The van der Waals surface area contributed by atoms with Gasteiger partial charge in [-0.1, -0.05) is 47.6 Å². The van der Waals surface area contributed by atoms with Gasteiger partial charge in [-0.15, -0.1) is 5.10 Å². The van der Waals surface area contributed by atoms with Crippen molar-refractivity contribution in [3.63, 3.8) is 0 Å². The Bertz CT molecular complexity index is 739. The van der Waals surface area contributed by atoms with Gasteiger partial charge in [-0.3, -0.25) is 0 Å². The molecule has 0 radical (unpaired) electrons. The van der Waals surface area contributed by atoms with E-state index in [1.165, 1.54) is 11.1 Å². The van der Waals surface area contributed by atoms with Gasteiger partial charge >= 0.3 is 0 Å². The highest BCUT2D eigenvalue weighted by atomic mass is 35.5. The monoisotopic (exact) mass is 316 g/mol. The molecule has 0 atom stereocenters. The lowest BCUT2D eigenvalue weighted by Crippen LogP contribution is -1.99. The summed E-state index contributed by atoms with van der Waals surface area (Å²) in [6.45, 7) is 2.05. The van der Waals surface area contributed by atoms with Crippen LogP contribution in [-0.2, 0) is 5.75 Å². The standard InChI is InChI=1S/C15H13ClN4S/c1-11-3-2-4-14(9-11)20-15(17-18-19-20)21-10-12-5-7-13(16)8-6-12/h2-9H,10H2,1H3. The minimum atomic E-state index is 0.744. The maximum absolute atomic E-state index is 5.89. The summed E-state index contributed by atoms with van der Waals surface area (Å²) in [4.78, 5) is 0. The third-order valence-electron chi connectivity index (χ3n) is 2.97. The van der Waals surface area contributed by atoms with Crippen LogP contribution in [0.5, 0.6) is 0 Å². The number of hydrogen-bond acceptors (Lipinski definition) is 4. The molecule has 0 spiro atoms. The van der Waals surface area contributed by atoms with Gasteiger partial charge in [-0.2, -0.15) is 4.68 Å². The topological polar surface area (TPSA) is 43.6 Å². The van der Waals surface area contributed by atoms with E-state index < -0.39 is 0 Å². The Morgan fingerprint density at radius 1 is 1.14 bits per heavy atom. The van der Waals surface area contributed by atoms with E-state index in [4.69, 9.17) is 11.6 Å². The molecule has 0 N–H and O–H groups in total. The van der Waals surface area contributed by atoms with Crippen molar-refractivity contribution < 1.29 is 0 Å². The molecule has 106 valence electrons. The Balaban J connectivity index is 1.78. The van der Waals surface area contributed by atoms with Crippen molar-refractivity contribution in [2.24, 2.45) is 0 Å². The van der Waals surface area contributed by atoms with Crippen LogP contribution in [0.4, 0.5) is 0 Å². The Morgan fingerprint density at radius 2 is 1.95 bits per heavy atom. The van der Waals surface area contributed by atoms with Gasteiger partial charge in [0.25, 0.3) is 0 Å². The van der Waals surface area contributed by atoms with E-state index in [0.717, 1.165) is 21.6 Å². The summed E-state index contributed by atoms with van der Waals surface area (Å²) in [5, 5.41) is 13.5. The first-order valence-electron chi connectivity index (χ1n) is 6.45. The van der Waals surface area contributed by atoms with E-state index in [-0.39, 0.29) is 0 Å². The van der Waals surface area contributed by atoms with Gasteiger partial charge in [0.15, 0.2) is 0 Å². The molecule has 0 aliphatic rings. The molecule has 3 aromatic rings. The van der Waals surface area contributed by atoms with Crippen LogP contribution in [0.3, 0.4) is 0 Å². The number of benzene rings is 2. The molecular weight excluding hydrogens is 304 g/mol. The molecule has 0 amide bonds. The van der Waals surface area contributed by atoms with Crippen LogP contribution in [0.1, 0.15) is 11.1 Å². The molecular formula is C15H13ClN4S. The van der Waals surface area contributed by atoms with Crippen LogP contribution in [0.15, 0.2) is 53.7 Å². The van der Waals surface area contributed by atoms with E-state index in [1.54, 1.807) is 16.4 Å². The Kier molecular flexibility index (Phi) is 4.22. The largest absolute Gasteiger partial charge is 0.214 e. The molecule has 2 aromatic carbocycles. The maximum Gasteiger partial charge on any atom is 0.214 e. The summed E-state index contributed by atoms with van der Waals surface area (Å²) in [7, 11) is 0. The average molecular weight is 317 g/mol. The Hall–Kier alpha value is -1.85. The van der Waals surface area contributed by atoms with Gasteiger partial charge in [0, 0.05) is 10.8 Å². The van der Waals surface area contributed by atoms with Crippen molar-refractivity contribution in [2.75, 3.05) is 0 Å². The zero-order valence-corrected chi connectivity index (χ0v) is 13.0. The number of rotatable bonds is 4. The summed E-state index contributed by atoms with van der Waals surface area (Å²) < 4.78 is 1.76. The molecule has 4 nitrogen and oxygen atoms in total. The number of tetrazole rings is 1. The lowest BCUT2D eigenvalue weighted by atomic mass is 10.2. The van der Waals surface area contributed by atoms with Crippen molar-refractivity contribution in [1.82, 2.24) is 20.2 Å². The first-order valence-corrected chi connectivity index (χ1v) is 7.81. The zero-order chi connectivity index (χ0) is 14.7. The zero-order valence-electron chi connectivity index (χ0n) is 11.4. The fourth-order valence-corrected chi connectivity index (χ4v) is 2.89. The summed E-state index contributed by atoms with van der Waals surface area (Å²) in [6.07, 6.45) is 0. The predicted molar refractivity (Wildman–Crippen MR) is 84.9 cm³/mol. The minimum absolute atomic E-state index is 0.744. The van der Waals surface area contributed by atoms with Crippen molar-refractivity contribution in [2.45, 2.75) is 17.8 Å². The summed E-state index contributed by atoms with van der Waals surface area (Å²) in [6, 6.07) is 15.9. The number of aryl methyl sites for hydroxylation is 1. The lowest BCUT2D eigenvalue weighted by molar-refractivity contribution is 0.755. The van der Waals surface area contributed by atoms with Gasteiger partial charge in [-0.25, -0.2) is 0 Å². The van der Waals surface area contributed by atoms with Gasteiger partial charge < -0.3 is 0 Å². The smallest absolute Gasteiger partial charge is 0.187 e. The van der Waals surface area contributed by atoms with Crippen LogP contribution < -0.4 is 0 Å². The summed E-state index contributed by atoms with van der Waals surface area (Å²) >= 11 is 7.49. The van der Waals surface area contributed by atoms with E-state index in [9.17, 15) is 0 Å². The van der Waals surface area contributed by atoms with E-state index in [0.29, 0.717) is 0 Å². The molecule has 0 aliphatic heterocycles. The number of thioether (sulfide) groups is 1. The highest BCUT2D eigenvalue weighted by Gasteiger charge is 2.09. The summed E-state index contributed by atoms with van der Waals surface area (Å²) in [5.74, 6) is 0.795. The van der Waals surface area contributed by atoms with Crippen molar-refractivity contribution in [3.05, 3.63) is 64.7 Å². The lowest BCUT2D eigenvalue weighted by Gasteiger charge is -2.05. The molecule has 0 saturated heterocycles. The number of halogens is 1. The van der Waals surface area contributed by atoms with Gasteiger partial charge in [0.1, 0.15) is 0 Å². The van der Waals surface area contributed by atoms with Gasteiger partial charge in [0.2, 0.25) is 5.16 Å². The van der Waals surface area contributed by atoms with Crippen LogP contribution in [0, 0.1) is 6.92 Å². The maximum atomic E-state index is 5.89. The van der Waals surface area contributed by atoms with Crippen molar-refractivity contribution >= 4 is 23.4 Å². The average Bonchev–Trinajstić information content (AvgIpc) is 2.95. The fourth-order valence-electron chi connectivity index (χ4n) is 1.92. The van der Waals surface area contributed by atoms with Crippen LogP contribution in [0.25, 0.3) is 5.69 Å². The first-order chi connectivity index (χ1) is 10.2. The second-order valence-electron chi connectivity index (χ2n) is 4.63. The Labute approximate surface area is 132 Å². The summed E-state index contributed by atoms with van der Waals surface area (Å²) in [5.41, 5.74) is 3.33. The molecule has 21 heavy (non-hydrogen) atoms. The molecule has 0 bridgehead atoms. The van der Waals surface area contributed by atoms with E-state index in [2.05, 4.69) is 21.6 Å². The highest BCUT2D eigenvalue weighted by Crippen LogP contribution is 2.23. The first kappa shape index (κ1) is 14.1. The highest BCUT2D eigenvalue weighted by molar-refractivity contribution is 7.98. The quantitative estimate of drug-likeness (QED) is 0.684. The third kappa shape index (κ3) is 3.43. The van der Waals surface area contributed by atoms with Crippen LogP contribution in [0.2, 0.25) is 5.02 Å². The molecule has 6 heteroatoms. The molecule has 3 rings (SSSR count). The second kappa shape index (κ2) is 6.28. The predicted octanol–water partition coefficient (Wildman–Crippen LogP) is 3.92. The molecule has 0 aliphatic carbocycles. The Morgan fingerprint density at radius 3 is 2.71 bits per heavy atom. The van der Waals surface area contributed by atoms with Gasteiger partial charge in [0.05, 0.1) is 5.69 Å². The van der Waals surface area contributed by atoms with E-state index in [1.807, 2.05) is 49.4 Å². The molecule has 0 fully saturated rings. The van der Waals surface area contributed by atoms with Crippen molar-refractivity contribution in [1.29, 1.82) is 0 Å². The minimum Gasteiger partial charge on any atom is -0.187 e. The molecule has 1 aromatic heterocycles. The third-order valence-corrected chi connectivity index (χ3v) is 4.21.